The second-order valence-electron chi connectivity index (χ2n) is 8.79. The van der Waals surface area contributed by atoms with E-state index >= 15 is 0 Å². The zero-order valence-corrected chi connectivity index (χ0v) is 20.6. The monoisotopic (exact) mass is 507 g/mol. The van der Waals surface area contributed by atoms with E-state index in [2.05, 4.69) is 20.9 Å². The van der Waals surface area contributed by atoms with Gasteiger partial charge in [0.05, 0.1) is 12.6 Å². The van der Waals surface area contributed by atoms with E-state index in [0.29, 0.717) is 6.42 Å². The molecule has 200 valence electrons. The van der Waals surface area contributed by atoms with Gasteiger partial charge in [-0.3, -0.25) is 19.4 Å². The van der Waals surface area contributed by atoms with Gasteiger partial charge in [0.15, 0.2) is 5.96 Å². The minimum atomic E-state index is -1.22. The number of hydrogen-bond acceptors (Lipinski definition) is 7. The number of guanidine groups is 1. The van der Waals surface area contributed by atoms with Gasteiger partial charge in [0, 0.05) is 6.54 Å². The predicted molar refractivity (Wildman–Crippen MR) is 134 cm³/mol. The van der Waals surface area contributed by atoms with Crippen LogP contribution in [0.1, 0.15) is 38.7 Å². The zero-order valence-electron chi connectivity index (χ0n) is 20.6. The number of rotatable bonds is 15. The SMILES string of the molecule is CC(C)C[C@H](NC(=O)CNC(=O)[C@@H](N)Cc1ccc(O)cc1)C(=O)N[C@@H](CCCN=C(N)N)C(=O)O. The molecule has 0 aliphatic heterocycles. The first-order valence-electron chi connectivity index (χ1n) is 11.6. The topological polar surface area (TPSA) is 235 Å². The standard InChI is InChI=1S/C23H37N7O6/c1-13(2)10-18(21(34)30-17(22(35)36)4-3-9-27-23(25)26)29-19(32)12-28-20(33)16(24)11-14-5-7-15(31)8-6-14/h5-8,13,16-18,31H,3-4,9-12,24H2,1-2H3,(H,28,33)(H,29,32)(H,30,34)(H,35,36)(H4,25,26,27)/t16-,17-,18-/m0/s1. The number of nitrogens with two attached hydrogens (primary N) is 3. The minimum Gasteiger partial charge on any atom is -0.508 e. The highest BCUT2D eigenvalue weighted by molar-refractivity contribution is 5.92. The molecule has 13 heteroatoms. The van der Waals surface area contributed by atoms with Crippen LogP contribution < -0.4 is 33.2 Å². The van der Waals surface area contributed by atoms with Crippen LogP contribution in [0.4, 0.5) is 0 Å². The molecule has 0 saturated carbocycles. The van der Waals surface area contributed by atoms with Crippen molar-refractivity contribution in [3.63, 3.8) is 0 Å². The number of nitrogens with one attached hydrogen (secondary N) is 3. The van der Waals surface area contributed by atoms with E-state index in [-0.39, 0.29) is 43.4 Å². The number of amides is 3. The van der Waals surface area contributed by atoms with Crippen LogP contribution in [0, 0.1) is 5.92 Å². The first-order valence-corrected chi connectivity index (χ1v) is 11.6. The normalized spacial score (nSPS) is 13.2. The lowest BCUT2D eigenvalue weighted by atomic mass is 10.0. The van der Waals surface area contributed by atoms with Crippen LogP contribution in [-0.2, 0) is 25.6 Å². The van der Waals surface area contributed by atoms with Crippen LogP contribution in [0.15, 0.2) is 29.3 Å². The largest absolute Gasteiger partial charge is 0.508 e. The number of carboxylic acids is 1. The van der Waals surface area contributed by atoms with E-state index in [0.717, 1.165) is 5.56 Å². The van der Waals surface area contributed by atoms with Crippen molar-refractivity contribution in [2.75, 3.05) is 13.1 Å². The van der Waals surface area contributed by atoms with E-state index in [4.69, 9.17) is 17.2 Å². The summed E-state index contributed by atoms with van der Waals surface area (Å²) < 4.78 is 0. The molecular formula is C23H37N7O6. The summed E-state index contributed by atoms with van der Waals surface area (Å²) in [6.07, 6.45) is 0.875. The van der Waals surface area contributed by atoms with Gasteiger partial charge in [-0.25, -0.2) is 4.79 Å². The number of nitrogens with zero attached hydrogens (tertiary/aromatic N) is 1. The number of benzene rings is 1. The number of carbonyl (C=O) groups excluding carboxylic acids is 3. The molecule has 0 fully saturated rings. The van der Waals surface area contributed by atoms with Gasteiger partial charge in [0.1, 0.15) is 17.8 Å². The second kappa shape index (κ2) is 15.2. The maximum absolute atomic E-state index is 12.8. The van der Waals surface area contributed by atoms with E-state index in [9.17, 15) is 29.4 Å². The molecule has 0 spiro atoms. The van der Waals surface area contributed by atoms with Crippen molar-refractivity contribution < 1.29 is 29.4 Å². The molecule has 1 rings (SSSR count). The third-order valence-electron chi connectivity index (χ3n) is 5.07. The maximum Gasteiger partial charge on any atom is 0.326 e. The minimum absolute atomic E-state index is 0.0134. The van der Waals surface area contributed by atoms with Crippen molar-refractivity contribution >= 4 is 29.7 Å². The molecule has 3 atom stereocenters. The van der Waals surface area contributed by atoms with E-state index in [1.807, 2.05) is 13.8 Å². The number of aliphatic carboxylic acids is 1. The molecule has 0 radical (unpaired) electrons. The van der Waals surface area contributed by atoms with Crippen molar-refractivity contribution in [3.05, 3.63) is 29.8 Å². The molecule has 1 aromatic rings. The quantitative estimate of drug-likeness (QED) is 0.0784. The molecule has 11 N–H and O–H groups in total. The first-order chi connectivity index (χ1) is 16.9. The molecular weight excluding hydrogens is 470 g/mol. The summed E-state index contributed by atoms with van der Waals surface area (Å²) in [6.45, 7) is 3.49. The number of carboxylic acid groups (broad SMARTS) is 1. The molecule has 0 unspecified atom stereocenters. The van der Waals surface area contributed by atoms with E-state index in [1.165, 1.54) is 12.1 Å². The van der Waals surface area contributed by atoms with Gasteiger partial charge in [-0.1, -0.05) is 26.0 Å². The fourth-order valence-electron chi connectivity index (χ4n) is 3.26. The van der Waals surface area contributed by atoms with Gasteiger partial charge in [0.25, 0.3) is 0 Å². The predicted octanol–water partition coefficient (Wildman–Crippen LogP) is -1.47. The molecule has 0 aliphatic rings. The zero-order chi connectivity index (χ0) is 27.3. The Balaban J connectivity index is 2.64. The van der Waals surface area contributed by atoms with Crippen LogP contribution >= 0.6 is 0 Å². The third-order valence-corrected chi connectivity index (χ3v) is 5.07. The number of phenolic OH excluding ortho intramolecular Hbond substituents is 1. The van der Waals surface area contributed by atoms with Gasteiger partial charge in [0.2, 0.25) is 17.7 Å². The van der Waals surface area contributed by atoms with Crippen molar-refractivity contribution in [3.8, 4) is 5.75 Å². The fourth-order valence-corrected chi connectivity index (χ4v) is 3.26. The van der Waals surface area contributed by atoms with Gasteiger partial charge in [-0.15, -0.1) is 0 Å². The lowest BCUT2D eigenvalue weighted by Crippen LogP contribution is -2.54. The fraction of sp³-hybridized carbons (Fsp3) is 0.522. The van der Waals surface area contributed by atoms with Gasteiger partial charge in [-0.2, -0.15) is 0 Å². The summed E-state index contributed by atoms with van der Waals surface area (Å²) in [5.74, 6) is -3.07. The number of aliphatic imine (C=N–C) groups is 1. The maximum atomic E-state index is 12.8. The highest BCUT2D eigenvalue weighted by Gasteiger charge is 2.27. The van der Waals surface area contributed by atoms with Gasteiger partial charge in [-0.05, 0) is 49.3 Å². The molecule has 1 aromatic carbocycles. The highest BCUT2D eigenvalue weighted by Crippen LogP contribution is 2.11. The van der Waals surface area contributed by atoms with Crippen LogP contribution in [0.25, 0.3) is 0 Å². The van der Waals surface area contributed by atoms with Crippen LogP contribution in [0.3, 0.4) is 0 Å². The molecule has 0 bridgehead atoms. The van der Waals surface area contributed by atoms with Crippen LogP contribution in [-0.4, -0.2) is 71.1 Å². The average Bonchev–Trinajstić information content (AvgIpc) is 2.79. The smallest absolute Gasteiger partial charge is 0.326 e. The molecule has 0 aromatic heterocycles. The Bertz CT molecular complexity index is 916. The number of hydrogen-bond donors (Lipinski definition) is 8. The Morgan fingerprint density at radius 2 is 1.64 bits per heavy atom. The molecule has 13 nitrogen and oxygen atoms in total. The molecule has 0 saturated heterocycles. The van der Waals surface area contributed by atoms with Crippen LogP contribution in [0.2, 0.25) is 0 Å². The number of aromatic hydroxyl groups is 1. The highest BCUT2D eigenvalue weighted by atomic mass is 16.4. The van der Waals surface area contributed by atoms with Crippen molar-refractivity contribution in [2.24, 2.45) is 28.1 Å². The van der Waals surface area contributed by atoms with E-state index < -0.39 is 48.4 Å². The van der Waals surface area contributed by atoms with Crippen LogP contribution in [0.5, 0.6) is 5.75 Å². The molecule has 0 heterocycles. The lowest BCUT2D eigenvalue weighted by molar-refractivity contribution is -0.142. The summed E-state index contributed by atoms with van der Waals surface area (Å²) in [5, 5.41) is 26.2. The average molecular weight is 508 g/mol. The summed E-state index contributed by atoms with van der Waals surface area (Å²) in [7, 11) is 0. The summed E-state index contributed by atoms with van der Waals surface area (Å²) in [6, 6.07) is 3.12. The Hall–Kier alpha value is -3.87. The second-order valence-corrected chi connectivity index (χ2v) is 8.79. The Morgan fingerprint density at radius 1 is 1.00 bits per heavy atom. The lowest BCUT2D eigenvalue weighted by Gasteiger charge is -2.23. The summed E-state index contributed by atoms with van der Waals surface area (Å²) in [4.78, 5) is 52.8. The molecule has 3 amide bonds. The Kier molecular flexibility index (Phi) is 12.7. The molecule has 36 heavy (non-hydrogen) atoms. The van der Waals surface area contributed by atoms with Crippen molar-refractivity contribution in [1.29, 1.82) is 0 Å². The number of carbonyl (C=O) groups is 4. The number of phenols is 1. The first kappa shape index (κ1) is 30.2. The van der Waals surface area contributed by atoms with Crippen molar-refractivity contribution in [1.82, 2.24) is 16.0 Å². The molecule has 0 aliphatic carbocycles. The Morgan fingerprint density at radius 3 is 2.19 bits per heavy atom. The van der Waals surface area contributed by atoms with Gasteiger partial charge < -0.3 is 43.4 Å². The summed E-state index contributed by atoms with van der Waals surface area (Å²) in [5.41, 5.74) is 17.1. The van der Waals surface area contributed by atoms with Gasteiger partial charge >= 0.3 is 5.97 Å². The Labute approximate surface area is 209 Å². The summed E-state index contributed by atoms with van der Waals surface area (Å²) >= 11 is 0. The third kappa shape index (κ3) is 12.0. The van der Waals surface area contributed by atoms with Crippen molar-refractivity contribution in [2.45, 2.75) is 57.7 Å². The van der Waals surface area contributed by atoms with E-state index in [1.54, 1.807) is 12.1 Å².